The van der Waals surface area contributed by atoms with Crippen molar-refractivity contribution < 1.29 is 18.8 Å². The summed E-state index contributed by atoms with van der Waals surface area (Å²) in [5, 5.41) is 9.51. The quantitative estimate of drug-likeness (QED) is 0.799. The molecular formula is C12H16O4S. The van der Waals surface area contributed by atoms with E-state index in [1.54, 1.807) is 12.1 Å². The van der Waals surface area contributed by atoms with Crippen molar-refractivity contribution in [3.8, 4) is 0 Å². The van der Waals surface area contributed by atoms with Gasteiger partial charge in [-0.05, 0) is 19.1 Å². The lowest BCUT2D eigenvalue weighted by atomic mass is 10.2. The number of benzene rings is 1. The van der Waals surface area contributed by atoms with Gasteiger partial charge in [0.1, 0.15) is 6.61 Å². The van der Waals surface area contributed by atoms with Crippen LogP contribution in [0.1, 0.15) is 12.5 Å². The highest BCUT2D eigenvalue weighted by Crippen LogP contribution is 2.09. The van der Waals surface area contributed by atoms with Crippen molar-refractivity contribution >= 4 is 16.8 Å². The number of carbonyl (C=O) groups excluding carboxylic acids is 1. The molecule has 1 aromatic rings. The smallest absolute Gasteiger partial charge is 0.302 e. The van der Waals surface area contributed by atoms with Crippen LogP contribution in [0, 0.1) is 6.92 Å². The molecule has 0 unspecified atom stereocenters. The Morgan fingerprint density at radius 3 is 2.53 bits per heavy atom. The zero-order valence-electron chi connectivity index (χ0n) is 9.88. The van der Waals surface area contributed by atoms with E-state index in [1.807, 2.05) is 19.1 Å². The largest absolute Gasteiger partial charge is 0.463 e. The molecule has 0 saturated heterocycles. The number of aryl methyl sites for hydroxylation is 1. The second-order valence-corrected chi connectivity index (χ2v) is 5.28. The van der Waals surface area contributed by atoms with Crippen molar-refractivity contribution in [2.45, 2.75) is 24.8 Å². The predicted molar refractivity (Wildman–Crippen MR) is 65.1 cm³/mol. The highest BCUT2D eigenvalue weighted by molar-refractivity contribution is 7.85. The number of rotatable bonds is 5. The van der Waals surface area contributed by atoms with Crippen molar-refractivity contribution in [2.75, 3.05) is 12.4 Å². The molecule has 0 bridgehead atoms. The monoisotopic (exact) mass is 256 g/mol. The van der Waals surface area contributed by atoms with E-state index >= 15 is 0 Å². The van der Waals surface area contributed by atoms with E-state index in [-0.39, 0.29) is 12.4 Å². The maximum absolute atomic E-state index is 11.8. The first-order chi connectivity index (χ1) is 7.99. The standard InChI is InChI=1S/C12H16O4S/c1-9-3-5-12(6-4-9)17(15)8-11(14)7-16-10(2)13/h3-6,11,14H,7-8H2,1-2H3/t11-,17+/m0/s1. The van der Waals surface area contributed by atoms with Gasteiger partial charge in [0.25, 0.3) is 0 Å². The third-order valence-corrected chi connectivity index (χ3v) is 3.59. The van der Waals surface area contributed by atoms with Crippen molar-refractivity contribution in [1.82, 2.24) is 0 Å². The number of aliphatic hydroxyl groups is 1. The summed E-state index contributed by atoms with van der Waals surface area (Å²) < 4.78 is 16.5. The fraction of sp³-hybridized carbons (Fsp3) is 0.417. The maximum atomic E-state index is 11.8. The molecule has 1 rings (SSSR count). The number of esters is 1. The van der Waals surface area contributed by atoms with Gasteiger partial charge in [0, 0.05) is 11.8 Å². The van der Waals surface area contributed by atoms with Crippen LogP contribution in [0.2, 0.25) is 0 Å². The van der Waals surface area contributed by atoms with Gasteiger partial charge in [-0.25, -0.2) is 0 Å². The molecule has 0 heterocycles. The molecule has 1 aromatic carbocycles. The lowest BCUT2D eigenvalue weighted by molar-refractivity contribution is -0.143. The molecule has 0 aromatic heterocycles. The Kier molecular flexibility index (Phi) is 5.31. The molecule has 0 spiro atoms. The van der Waals surface area contributed by atoms with E-state index in [2.05, 4.69) is 4.74 Å². The molecular weight excluding hydrogens is 240 g/mol. The van der Waals surface area contributed by atoms with Gasteiger partial charge >= 0.3 is 5.97 Å². The molecule has 0 aliphatic rings. The van der Waals surface area contributed by atoms with E-state index in [4.69, 9.17) is 0 Å². The Balaban J connectivity index is 2.48. The Hall–Kier alpha value is -1.20. The van der Waals surface area contributed by atoms with Crippen LogP contribution in [0.4, 0.5) is 0 Å². The molecule has 0 aliphatic heterocycles. The molecule has 0 saturated carbocycles. The average Bonchev–Trinajstić information content (AvgIpc) is 2.27. The summed E-state index contributed by atoms with van der Waals surface area (Å²) in [5.74, 6) is -0.388. The van der Waals surface area contributed by atoms with Gasteiger partial charge in [0.15, 0.2) is 0 Å². The summed E-state index contributed by atoms with van der Waals surface area (Å²) in [6.45, 7) is 3.10. The van der Waals surface area contributed by atoms with Crippen LogP contribution in [-0.2, 0) is 20.3 Å². The molecule has 5 heteroatoms. The normalized spacial score (nSPS) is 14.1. The average molecular weight is 256 g/mol. The lowest BCUT2D eigenvalue weighted by Gasteiger charge is -2.10. The molecule has 17 heavy (non-hydrogen) atoms. The minimum atomic E-state index is -1.28. The van der Waals surface area contributed by atoms with E-state index in [0.717, 1.165) is 5.56 Å². The van der Waals surface area contributed by atoms with Crippen molar-refractivity contribution in [3.63, 3.8) is 0 Å². The van der Waals surface area contributed by atoms with E-state index in [9.17, 15) is 14.1 Å². The van der Waals surface area contributed by atoms with Crippen molar-refractivity contribution in [2.24, 2.45) is 0 Å². The number of carbonyl (C=O) groups is 1. The van der Waals surface area contributed by atoms with Crippen LogP contribution in [-0.4, -0.2) is 33.7 Å². The molecule has 2 atom stereocenters. The molecule has 4 nitrogen and oxygen atoms in total. The lowest BCUT2D eigenvalue weighted by Crippen LogP contribution is -2.23. The zero-order chi connectivity index (χ0) is 12.8. The minimum absolute atomic E-state index is 0.0658. The summed E-state index contributed by atoms with van der Waals surface area (Å²) in [6.07, 6.45) is -0.902. The Morgan fingerprint density at radius 2 is 2.00 bits per heavy atom. The third-order valence-electron chi connectivity index (χ3n) is 2.11. The van der Waals surface area contributed by atoms with E-state index < -0.39 is 22.9 Å². The Bertz CT molecular complexity index is 399. The highest BCUT2D eigenvalue weighted by Gasteiger charge is 2.12. The molecule has 0 aliphatic carbocycles. The third kappa shape index (κ3) is 5.10. The fourth-order valence-electron chi connectivity index (χ4n) is 1.22. The van der Waals surface area contributed by atoms with Crippen molar-refractivity contribution in [3.05, 3.63) is 29.8 Å². The number of ether oxygens (including phenoxy) is 1. The molecule has 94 valence electrons. The van der Waals surface area contributed by atoms with Gasteiger partial charge in [-0.2, -0.15) is 0 Å². The SMILES string of the molecule is CC(=O)OC[C@H](O)C[S@@](=O)c1ccc(C)cc1. The summed E-state index contributed by atoms with van der Waals surface area (Å²) in [5.41, 5.74) is 1.09. The summed E-state index contributed by atoms with van der Waals surface area (Å²) in [4.78, 5) is 11.2. The van der Waals surface area contributed by atoms with Gasteiger partial charge in [-0.1, -0.05) is 17.7 Å². The van der Waals surface area contributed by atoms with E-state index in [1.165, 1.54) is 6.92 Å². The summed E-state index contributed by atoms with van der Waals surface area (Å²) >= 11 is 0. The molecule has 1 N–H and O–H groups in total. The molecule has 0 radical (unpaired) electrons. The van der Waals surface area contributed by atoms with Gasteiger partial charge < -0.3 is 9.84 Å². The van der Waals surface area contributed by atoms with Crippen LogP contribution >= 0.6 is 0 Å². The Morgan fingerprint density at radius 1 is 1.41 bits per heavy atom. The fourth-order valence-corrected chi connectivity index (χ4v) is 2.30. The van der Waals surface area contributed by atoms with Crippen LogP contribution in [0.15, 0.2) is 29.2 Å². The first-order valence-corrected chi connectivity index (χ1v) is 6.57. The van der Waals surface area contributed by atoms with Gasteiger partial charge in [0.05, 0.1) is 22.7 Å². The Labute approximate surface area is 103 Å². The second-order valence-electron chi connectivity index (χ2n) is 3.78. The summed E-state index contributed by atoms with van der Waals surface area (Å²) in [7, 11) is -1.28. The maximum Gasteiger partial charge on any atom is 0.302 e. The molecule has 0 fully saturated rings. The topological polar surface area (TPSA) is 63.6 Å². The van der Waals surface area contributed by atoms with Crippen molar-refractivity contribution in [1.29, 1.82) is 0 Å². The van der Waals surface area contributed by atoms with Crippen LogP contribution in [0.5, 0.6) is 0 Å². The first-order valence-electron chi connectivity index (χ1n) is 5.25. The second kappa shape index (κ2) is 6.51. The predicted octanol–water partition coefficient (Wildman–Crippen LogP) is 1.03. The van der Waals surface area contributed by atoms with Crippen LogP contribution < -0.4 is 0 Å². The number of hydrogen-bond donors (Lipinski definition) is 1. The van der Waals surface area contributed by atoms with E-state index in [0.29, 0.717) is 4.90 Å². The number of hydrogen-bond acceptors (Lipinski definition) is 4. The van der Waals surface area contributed by atoms with Crippen LogP contribution in [0.25, 0.3) is 0 Å². The van der Waals surface area contributed by atoms with Crippen LogP contribution in [0.3, 0.4) is 0 Å². The zero-order valence-corrected chi connectivity index (χ0v) is 10.7. The van der Waals surface area contributed by atoms with Gasteiger partial charge in [-0.15, -0.1) is 0 Å². The van der Waals surface area contributed by atoms with Gasteiger partial charge in [-0.3, -0.25) is 9.00 Å². The minimum Gasteiger partial charge on any atom is -0.463 e. The van der Waals surface area contributed by atoms with Gasteiger partial charge in [0.2, 0.25) is 0 Å². The first kappa shape index (κ1) is 13.9. The molecule has 0 amide bonds. The summed E-state index contributed by atoms with van der Waals surface area (Å²) in [6, 6.07) is 7.27. The number of aliphatic hydroxyl groups excluding tert-OH is 1. The highest BCUT2D eigenvalue weighted by atomic mass is 32.2.